The van der Waals surface area contributed by atoms with Gasteiger partial charge >= 0.3 is 0 Å². The lowest BCUT2D eigenvalue weighted by atomic mass is 10.1. The highest BCUT2D eigenvalue weighted by molar-refractivity contribution is 7.71. The number of nitrogens with zero attached hydrogens (tertiary/aromatic N) is 1. The molecule has 1 atom stereocenters. The Balaban J connectivity index is 2.08. The maximum Gasteiger partial charge on any atom is 0.284 e. The Morgan fingerprint density at radius 2 is 2.20 bits per heavy atom. The molecule has 1 aromatic carbocycles. The number of hydrogen-bond acceptors (Lipinski definition) is 5. The van der Waals surface area contributed by atoms with Crippen molar-refractivity contribution in [1.29, 1.82) is 0 Å². The molecule has 1 heterocycles. The number of ether oxygens (including phenoxy) is 1. The SMILES string of the molecule is COCC(C)NC(=O)c1ccc(-c2n[nH]c(=S)o2)cc1. The van der Waals surface area contributed by atoms with Crippen molar-refractivity contribution >= 4 is 18.1 Å². The lowest BCUT2D eigenvalue weighted by Crippen LogP contribution is -2.35. The Kier molecular flexibility index (Phi) is 4.65. The number of aromatic amines is 1. The summed E-state index contributed by atoms with van der Waals surface area (Å²) in [6.07, 6.45) is 0. The summed E-state index contributed by atoms with van der Waals surface area (Å²) in [6, 6.07) is 6.88. The van der Waals surface area contributed by atoms with Gasteiger partial charge in [-0.3, -0.25) is 4.79 Å². The molecule has 0 saturated carbocycles. The smallest absolute Gasteiger partial charge is 0.284 e. The standard InChI is InChI=1S/C13H15N3O3S/c1-8(7-18-2)14-11(17)9-3-5-10(6-4-9)12-15-16-13(20)19-12/h3-6,8H,7H2,1-2H3,(H,14,17)(H,16,20). The van der Waals surface area contributed by atoms with Crippen LogP contribution < -0.4 is 5.32 Å². The third-order valence-electron chi connectivity index (χ3n) is 2.63. The van der Waals surface area contributed by atoms with Gasteiger partial charge in [-0.1, -0.05) is 0 Å². The van der Waals surface area contributed by atoms with Crippen LogP contribution in [0.25, 0.3) is 11.5 Å². The van der Waals surface area contributed by atoms with Crippen molar-refractivity contribution in [2.45, 2.75) is 13.0 Å². The first-order valence-corrected chi connectivity index (χ1v) is 6.46. The summed E-state index contributed by atoms with van der Waals surface area (Å²) in [5.74, 6) is 0.249. The van der Waals surface area contributed by atoms with Crippen LogP contribution in [0.2, 0.25) is 0 Å². The number of carbonyl (C=O) groups excluding carboxylic acids is 1. The molecule has 0 spiro atoms. The van der Waals surface area contributed by atoms with Gasteiger partial charge in [-0.2, -0.15) is 0 Å². The molecule has 1 aromatic heterocycles. The zero-order valence-electron chi connectivity index (χ0n) is 11.2. The summed E-state index contributed by atoms with van der Waals surface area (Å²) < 4.78 is 10.2. The van der Waals surface area contributed by atoms with Crippen LogP contribution in [-0.4, -0.2) is 35.9 Å². The quantitative estimate of drug-likeness (QED) is 0.826. The Morgan fingerprint density at radius 1 is 1.50 bits per heavy atom. The summed E-state index contributed by atoms with van der Waals surface area (Å²) in [5, 5.41) is 9.30. The van der Waals surface area contributed by atoms with E-state index in [1.54, 1.807) is 31.4 Å². The lowest BCUT2D eigenvalue weighted by Gasteiger charge is -2.12. The average molecular weight is 293 g/mol. The van der Waals surface area contributed by atoms with Crippen molar-refractivity contribution in [2.75, 3.05) is 13.7 Å². The fraction of sp³-hybridized carbons (Fsp3) is 0.308. The molecule has 0 aliphatic carbocycles. The van der Waals surface area contributed by atoms with Gasteiger partial charge < -0.3 is 14.5 Å². The van der Waals surface area contributed by atoms with Crippen molar-refractivity contribution in [1.82, 2.24) is 15.5 Å². The minimum atomic E-state index is -0.149. The van der Waals surface area contributed by atoms with Gasteiger partial charge in [0.2, 0.25) is 5.89 Å². The predicted octanol–water partition coefficient (Wildman–Crippen LogP) is 2.16. The molecule has 0 saturated heterocycles. The summed E-state index contributed by atoms with van der Waals surface area (Å²) in [5.41, 5.74) is 1.31. The summed E-state index contributed by atoms with van der Waals surface area (Å²) in [7, 11) is 1.60. The molecule has 0 fully saturated rings. The van der Waals surface area contributed by atoms with E-state index < -0.39 is 0 Å². The molecule has 106 valence electrons. The van der Waals surface area contributed by atoms with Crippen molar-refractivity contribution in [3.05, 3.63) is 34.7 Å². The topological polar surface area (TPSA) is 80.1 Å². The molecule has 2 rings (SSSR count). The van der Waals surface area contributed by atoms with Gasteiger partial charge in [-0.25, -0.2) is 5.10 Å². The van der Waals surface area contributed by atoms with E-state index in [0.29, 0.717) is 18.1 Å². The number of aromatic nitrogens is 2. The van der Waals surface area contributed by atoms with Crippen LogP contribution in [0.1, 0.15) is 17.3 Å². The molecular formula is C13H15N3O3S. The van der Waals surface area contributed by atoms with E-state index in [1.165, 1.54) is 0 Å². The second kappa shape index (κ2) is 6.44. The first kappa shape index (κ1) is 14.4. The molecule has 6 nitrogen and oxygen atoms in total. The van der Waals surface area contributed by atoms with Crippen molar-refractivity contribution in [2.24, 2.45) is 0 Å². The number of rotatable bonds is 5. The molecule has 7 heteroatoms. The van der Waals surface area contributed by atoms with Crippen molar-refractivity contribution < 1.29 is 13.9 Å². The number of H-pyrrole nitrogens is 1. The molecule has 0 aliphatic rings. The number of amides is 1. The van der Waals surface area contributed by atoms with Gasteiger partial charge in [0, 0.05) is 24.3 Å². The fourth-order valence-corrected chi connectivity index (χ4v) is 1.84. The van der Waals surface area contributed by atoms with Crippen LogP contribution >= 0.6 is 12.2 Å². The number of methoxy groups -OCH3 is 1. The van der Waals surface area contributed by atoms with Crippen LogP contribution in [0.15, 0.2) is 28.7 Å². The molecule has 1 amide bonds. The molecule has 20 heavy (non-hydrogen) atoms. The Hall–Kier alpha value is -1.99. The zero-order valence-corrected chi connectivity index (χ0v) is 12.0. The van der Waals surface area contributed by atoms with E-state index in [4.69, 9.17) is 21.4 Å². The van der Waals surface area contributed by atoms with E-state index in [1.807, 2.05) is 6.92 Å². The number of benzene rings is 1. The third kappa shape index (κ3) is 3.52. The Bertz CT molecular complexity index is 633. The average Bonchev–Trinajstić information content (AvgIpc) is 2.86. The van der Waals surface area contributed by atoms with Crippen LogP contribution in [0, 0.1) is 4.84 Å². The highest BCUT2D eigenvalue weighted by atomic mass is 32.1. The van der Waals surface area contributed by atoms with E-state index in [2.05, 4.69) is 15.5 Å². The highest BCUT2D eigenvalue weighted by Gasteiger charge is 2.10. The third-order valence-corrected chi connectivity index (χ3v) is 2.80. The Labute approximate surface area is 121 Å². The monoisotopic (exact) mass is 293 g/mol. The fourth-order valence-electron chi connectivity index (χ4n) is 1.72. The lowest BCUT2D eigenvalue weighted by molar-refractivity contribution is 0.0905. The maximum atomic E-state index is 12.0. The molecule has 2 aromatic rings. The van der Waals surface area contributed by atoms with Gasteiger partial charge in [-0.05, 0) is 43.4 Å². The van der Waals surface area contributed by atoms with Crippen LogP contribution in [0.5, 0.6) is 0 Å². The minimum absolute atomic E-state index is 0.0451. The van der Waals surface area contributed by atoms with Crippen LogP contribution in [0.3, 0.4) is 0 Å². The predicted molar refractivity (Wildman–Crippen MR) is 75.9 cm³/mol. The molecule has 0 radical (unpaired) electrons. The largest absolute Gasteiger partial charge is 0.409 e. The van der Waals surface area contributed by atoms with Gasteiger partial charge in [0.05, 0.1) is 6.61 Å². The minimum Gasteiger partial charge on any atom is -0.409 e. The normalized spacial score (nSPS) is 12.1. The molecule has 0 aliphatic heterocycles. The first-order valence-electron chi connectivity index (χ1n) is 6.06. The number of carbonyl (C=O) groups is 1. The molecule has 2 N–H and O–H groups in total. The molecule has 0 bridgehead atoms. The second-order valence-electron chi connectivity index (χ2n) is 4.33. The van der Waals surface area contributed by atoms with E-state index >= 15 is 0 Å². The summed E-state index contributed by atoms with van der Waals surface area (Å²) in [6.45, 7) is 2.35. The molecular weight excluding hydrogens is 278 g/mol. The maximum absolute atomic E-state index is 12.0. The summed E-state index contributed by atoms with van der Waals surface area (Å²) >= 11 is 4.81. The first-order chi connectivity index (χ1) is 9.60. The van der Waals surface area contributed by atoms with Crippen LogP contribution in [0.4, 0.5) is 0 Å². The van der Waals surface area contributed by atoms with Gasteiger partial charge in [0.1, 0.15) is 0 Å². The summed E-state index contributed by atoms with van der Waals surface area (Å²) in [4.78, 5) is 12.2. The highest BCUT2D eigenvalue weighted by Crippen LogP contribution is 2.17. The zero-order chi connectivity index (χ0) is 14.5. The van der Waals surface area contributed by atoms with E-state index in [-0.39, 0.29) is 16.8 Å². The number of nitrogens with one attached hydrogen (secondary N) is 2. The van der Waals surface area contributed by atoms with E-state index in [0.717, 1.165) is 5.56 Å². The Morgan fingerprint density at radius 3 is 2.75 bits per heavy atom. The van der Waals surface area contributed by atoms with Crippen molar-refractivity contribution in [3.8, 4) is 11.5 Å². The van der Waals surface area contributed by atoms with E-state index in [9.17, 15) is 4.79 Å². The van der Waals surface area contributed by atoms with Gasteiger partial charge in [-0.15, -0.1) is 5.10 Å². The second-order valence-corrected chi connectivity index (χ2v) is 4.70. The van der Waals surface area contributed by atoms with Gasteiger partial charge in [0.25, 0.3) is 10.7 Å². The molecule has 1 unspecified atom stereocenters. The van der Waals surface area contributed by atoms with Crippen molar-refractivity contribution in [3.63, 3.8) is 0 Å². The van der Waals surface area contributed by atoms with Crippen LogP contribution in [-0.2, 0) is 4.74 Å². The van der Waals surface area contributed by atoms with Gasteiger partial charge in [0.15, 0.2) is 0 Å². The number of hydrogen-bond donors (Lipinski definition) is 2.